The number of likely N-dealkylation sites (N-methyl/N-ethyl adjacent to an activating group) is 1. The Labute approximate surface area is 130 Å². The van der Waals surface area contributed by atoms with Crippen molar-refractivity contribution >= 4 is 10.2 Å². The molecule has 0 unspecified atom stereocenters. The fourth-order valence-corrected chi connectivity index (χ4v) is 3.70. The minimum atomic E-state index is -3.30. The summed E-state index contributed by atoms with van der Waals surface area (Å²) in [5, 5.41) is 3.04. The first-order valence-electron chi connectivity index (χ1n) is 7.61. The molecule has 1 rings (SSSR count). The van der Waals surface area contributed by atoms with E-state index < -0.39 is 10.2 Å². The SMILES string of the molecule is CNCCCN(C)S(=O)(=O)N1CCN(CCN(C)C)CC1. The lowest BCUT2D eigenvalue weighted by Gasteiger charge is -2.36. The molecule has 0 spiro atoms. The molecule has 8 heteroatoms. The van der Waals surface area contributed by atoms with E-state index >= 15 is 0 Å². The Morgan fingerprint density at radius 3 is 2.19 bits per heavy atom. The van der Waals surface area contributed by atoms with E-state index in [1.807, 2.05) is 7.05 Å². The predicted molar refractivity (Wildman–Crippen MR) is 86.7 cm³/mol. The third-order valence-electron chi connectivity index (χ3n) is 3.81. The Balaban J connectivity index is 2.40. The van der Waals surface area contributed by atoms with Crippen molar-refractivity contribution in [1.82, 2.24) is 23.7 Å². The minimum Gasteiger partial charge on any atom is -0.320 e. The number of piperazine rings is 1. The summed E-state index contributed by atoms with van der Waals surface area (Å²) in [6, 6.07) is 0. The van der Waals surface area contributed by atoms with Crippen LogP contribution in [0.5, 0.6) is 0 Å². The van der Waals surface area contributed by atoms with Crippen molar-refractivity contribution in [3.8, 4) is 0 Å². The molecule has 0 amide bonds. The number of nitrogens with one attached hydrogen (secondary N) is 1. The van der Waals surface area contributed by atoms with Crippen LogP contribution in [0.3, 0.4) is 0 Å². The van der Waals surface area contributed by atoms with Crippen LogP contribution in [-0.2, 0) is 10.2 Å². The molecule has 0 bridgehead atoms. The normalized spacial score (nSPS) is 18.8. The van der Waals surface area contributed by atoms with Crippen molar-refractivity contribution in [1.29, 1.82) is 0 Å². The standard InChI is InChI=1S/C13H31N5O2S/c1-14-6-5-7-16(4)21(19,20)18-12-10-17(11-13-18)9-8-15(2)3/h14H,5-13H2,1-4H3. The van der Waals surface area contributed by atoms with Crippen LogP contribution >= 0.6 is 0 Å². The Bertz CT molecular complexity index is 380. The second-order valence-corrected chi connectivity index (χ2v) is 7.87. The molecule has 1 N–H and O–H groups in total. The Kier molecular flexibility index (Phi) is 8.07. The Morgan fingerprint density at radius 2 is 1.67 bits per heavy atom. The summed E-state index contributed by atoms with van der Waals surface area (Å²) in [7, 11) is 4.36. The average molecular weight is 321 g/mol. The molecule has 1 heterocycles. The maximum Gasteiger partial charge on any atom is 0.281 e. The second kappa shape index (κ2) is 9.02. The van der Waals surface area contributed by atoms with Crippen LogP contribution in [0.1, 0.15) is 6.42 Å². The van der Waals surface area contributed by atoms with Crippen molar-refractivity contribution in [3.63, 3.8) is 0 Å². The molecule has 0 aromatic carbocycles. The lowest BCUT2D eigenvalue weighted by atomic mass is 10.3. The summed E-state index contributed by atoms with van der Waals surface area (Å²) >= 11 is 0. The van der Waals surface area contributed by atoms with E-state index in [9.17, 15) is 8.42 Å². The number of hydrogen-bond donors (Lipinski definition) is 1. The van der Waals surface area contributed by atoms with E-state index in [1.165, 1.54) is 4.31 Å². The van der Waals surface area contributed by atoms with E-state index in [-0.39, 0.29) is 0 Å². The van der Waals surface area contributed by atoms with E-state index in [2.05, 4.69) is 29.2 Å². The summed E-state index contributed by atoms with van der Waals surface area (Å²) in [5.41, 5.74) is 0. The zero-order valence-electron chi connectivity index (χ0n) is 13.9. The van der Waals surface area contributed by atoms with Gasteiger partial charge < -0.3 is 10.2 Å². The molecule has 1 aliphatic rings. The van der Waals surface area contributed by atoms with Gasteiger partial charge in [-0.3, -0.25) is 4.90 Å². The molecule has 0 radical (unpaired) electrons. The van der Waals surface area contributed by atoms with Crippen molar-refractivity contribution in [3.05, 3.63) is 0 Å². The molecule has 0 atom stereocenters. The van der Waals surface area contributed by atoms with Crippen LogP contribution in [0.15, 0.2) is 0 Å². The zero-order valence-corrected chi connectivity index (χ0v) is 14.7. The maximum atomic E-state index is 12.5. The van der Waals surface area contributed by atoms with Gasteiger partial charge in [0.25, 0.3) is 10.2 Å². The fraction of sp³-hybridized carbons (Fsp3) is 1.00. The van der Waals surface area contributed by atoms with Crippen LogP contribution in [0, 0.1) is 0 Å². The summed E-state index contributed by atoms with van der Waals surface area (Å²) in [6.45, 7) is 6.21. The lowest BCUT2D eigenvalue weighted by molar-refractivity contribution is 0.170. The highest BCUT2D eigenvalue weighted by molar-refractivity contribution is 7.86. The molecule has 1 fully saturated rings. The van der Waals surface area contributed by atoms with Gasteiger partial charge in [0.15, 0.2) is 0 Å². The summed E-state index contributed by atoms with van der Waals surface area (Å²) in [4.78, 5) is 4.48. The smallest absolute Gasteiger partial charge is 0.281 e. The van der Waals surface area contributed by atoms with Crippen LogP contribution in [-0.4, -0.2) is 107 Å². The predicted octanol–water partition coefficient (Wildman–Crippen LogP) is -1.05. The highest BCUT2D eigenvalue weighted by Crippen LogP contribution is 2.11. The second-order valence-electron chi connectivity index (χ2n) is 5.83. The molecule has 126 valence electrons. The molecule has 7 nitrogen and oxygen atoms in total. The molecular weight excluding hydrogens is 290 g/mol. The van der Waals surface area contributed by atoms with E-state index in [1.54, 1.807) is 11.4 Å². The quantitative estimate of drug-likeness (QED) is 0.549. The van der Waals surface area contributed by atoms with Gasteiger partial charge in [0.05, 0.1) is 0 Å². The van der Waals surface area contributed by atoms with E-state index in [4.69, 9.17) is 0 Å². The average Bonchev–Trinajstić information content (AvgIpc) is 2.45. The number of rotatable bonds is 9. The van der Waals surface area contributed by atoms with Gasteiger partial charge in [-0.25, -0.2) is 0 Å². The fourth-order valence-electron chi connectivity index (χ4n) is 2.32. The van der Waals surface area contributed by atoms with Gasteiger partial charge in [0.1, 0.15) is 0 Å². The van der Waals surface area contributed by atoms with Gasteiger partial charge in [-0.2, -0.15) is 17.0 Å². The first-order valence-corrected chi connectivity index (χ1v) is 9.00. The van der Waals surface area contributed by atoms with Crippen molar-refractivity contribution < 1.29 is 8.42 Å². The molecule has 0 aromatic heterocycles. The van der Waals surface area contributed by atoms with Crippen molar-refractivity contribution in [2.45, 2.75) is 6.42 Å². The van der Waals surface area contributed by atoms with Gasteiger partial charge in [0, 0.05) is 52.9 Å². The number of nitrogens with zero attached hydrogens (tertiary/aromatic N) is 4. The van der Waals surface area contributed by atoms with Crippen molar-refractivity contribution in [2.75, 3.05) is 80.5 Å². The van der Waals surface area contributed by atoms with Crippen molar-refractivity contribution in [2.24, 2.45) is 0 Å². The molecule has 0 aromatic rings. The first-order chi connectivity index (χ1) is 9.87. The van der Waals surface area contributed by atoms with Crippen LogP contribution in [0.4, 0.5) is 0 Å². The summed E-state index contributed by atoms with van der Waals surface area (Å²) in [5.74, 6) is 0. The molecule has 21 heavy (non-hydrogen) atoms. The molecular formula is C13H31N5O2S. The molecule has 1 saturated heterocycles. The van der Waals surface area contributed by atoms with Crippen LogP contribution < -0.4 is 5.32 Å². The third-order valence-corrected chi connectivity index (χ3v) is 5.80. The topological polar surface area (TPSA) is 59.1 Å². The van der Waals surface area contributed by atoms with Gasteiger partial charge in [-0.15, -0.1) is 0 Å². The van der Waals surface area contributed by atoms with Gasteiger partial charge >= 0.3 is 0 Å². The molecule has 0 aliphatic carbocycles. The largest absolute Gasteiger partial charge is 0.320 e. The highest BCUT2D eigenvalue weighted by Gasteiger charge is 2.29. The van der Waals surface area contributed by atoms with Gasteiger partial charge in [-0.1, -0.05) is 0 Å². The Hall–Kier alpha value is -0.250. The third kappa shape index (κ3) is 6.17. The highest BCUT2D eigenvalue weighted by atomic mass is 32.2. The molecule has 0 saturated carbocycles. The monoisotopic (exact) mass is 321 g/mol. The van der Waals surface area contributed by atoms with Crippen LogP contribution in [0.25, 0.3) is 0 Å². The maximum absolute atomic E-state index is 12.5. The minimum absolute atomic E-state index is 0.560. The summed E-state index contributed by atoms with van der Waals surface area (Å²) < 4.78 is 28.0. The van der Waals surface area contributed by atoms with E-state index in [0.29, 0.717) is 19.6 Å². The first kappa shape index (κ1) is 18.8. The van der Waals surface area contributed by atoms with E-state index in [0.717, 1.165) is 39.1 Å². The van der Waals surface area contributed by atoms with Gasteiger partial charge in [0.2, 0.25) is 0 Å². The summed E-state index contributed by atoms with van der Waals surface area (Å²) in [6.07, 6.45) is 0.828. The number of hydrogen-bond acceptors (Lipinski definition) is 5. The lowest BCUT2D eigenvalue weighted by Crippen LogP contribution is -2.53. The van der Waals surface area contributed by atoms with Gasteiger partial charge in [-0.05, 0) is 34.1 Å². The molecule has 1 aliphatic heterocycles. The Morgan fingerprint density at radius 1 is 1.05 bits per heavy atom. The van der Waals surface area contributed by atoms with Crippen LogP contribution in [0.2, 0.25) is 0 Å². The zero-order chi connectivity index (χ0) is 15.9.